The van der Waals surface area contributed by atoms with Crippen molar-refractivity contribution < 1.29 is 15.3 Å². The lowest BCUT2D eigenvalue weighted by Crippen LogP contribution is -2.53. The molecule has 2 atom stereocenters. The fraction of sp³-hybridized carbons (Fsp3) is 0.263. The Morgan fingerprint density at radius 1 is 0.727 bits per heavy atom. The quantitative estimate of drug-likeness (QED) is 0.168. The van der Waals surface area contributed by atoms with Crippen molar-refractivity contribution in [2.45, 2.75) is 57.4 Å². The van der Waals surface area contributed by atoms with Crippen LogP contribution in [-0.2, 0) is 0 Å². The van der Waals surface area contributed by atoms with Crippen LogP contribution in [0.1, 0.15) is 47.9 Å². The molecule has 6 heteroatoms. The van der Waals surface area contributed by atoms with Gasteiger partial charge in [0.25, 0.3) is 0 Å². The number of aryl methyl sites for hydroxylation is 2. The summed E-state index contributed by atoms with van der Waals surface area (Å²) in [6.45, 7) is 8.40. The Labute approximate surface area is 258 Å². The van der Waals surface area contributed by atoms with Gasteiger partial charge < -0.3 is 30.4 Å². The lowest BCUT2D eigenvalue weighted by molar-refractivity contribution is -0.0789. The van der Waals surface area contributed by atoms with Crippen molar-refractivity contribution >= 4 is 39.2 Å². The van der Waals surface area contributed by atoms with E-state index in [1.807, 2.05) is 42.5 Å². The fourth-order valence-corrected chi connectivity index (χ4v) is 7.19. The van der Waals surface area contributed by atoms with Crippen LogP contribution in [0.25, 0.3) is 10.8 Å². The Balaban J connectivity index is 1.25. The maximum absolute atomic E-state index is 11.6. The van der Waals surface area contributed by atoms with Crippen molar-refractivity contribution in [3.63, 3.8) is 0 Å². The number of para-hydroxylation sites is 2. The minimum atomic E-state index is -0.865. The molecule has 2 unspecified atom stereocenters. The molecule has 0 radical (unpaired) electrons. The number of benzene rings is 5. The minimum Gasteiger partial charge on any atom is -0.508 e. The first-order valence-electron chi connectivity index (χ1n) is 15.3. The highest BCUT2D eigenvalue weighted by Gasteiger charge is 2.52. The van der Waals surface area contributed by atoms with E-state index in [2.05, 4.69) is 98.4 Å². The number of anilines is 5. The highest BCUT2D eigenvalue weighted by molar-refractivity contribution is 6.07. The highest BCUT2D eigenvalue weighted by atomic mass is 16.3. The van der Waals surface area contributed by atoms with Crippen LogP contribution in [0.15, 0.2) is 97.1 Å². The normalized spacial score (nSPS) is 21.9. The summed E-state index contributed by atoms with van der Waals surface area (Å²) in [4.78, 5) is 4.37. The zero-order valence-electron chi connectivity index (χ0n) is 25.8. The lowest BCUT2D eigenvalue weighted by atomic mass is 9.62. The van der Waals surface area contributed by atoms with Crippen LogP contribution in [0.5, 0.6) is 5.75 Å². The van der Waals surface area contributed by atoms with E-state index in [1.165, 1.54) is 0 Å². The summed E-state index contributed by atoms with van der Waals surface area (Å²) in [5.41, 5.74) is 8.20. The number of hydrogen-bond donors (Lipinski definition) is 4. The van der Waals surface area contributed by atoms with E-state index in [1.54, 1.807) is 6.07 Å². The molecule has 0 spiro atoms. The zero-order valence-corrected chi connectivity index (χ0v) is 25.8. The second-order valence-electron chi connectivity index (χ2n) is 12.8. The number of nitrogens with one attached hydrogen (secondary N) is 1. The van der Waals surface area contributed by atoms with E-state index in [9.17, 15) is 15.3 Å². The van der Waals surface area contributed by atoms with Crippen molar-refractivity contribution in [2.75, 3.05) is 22.2 Å². The van der Waals surface area contributed by atoms with Gasteiger partial charge in [-0.2, -0.15) is 0 Å². The van der Waals surface area contributed by atoms with Crippen molar-refractivity contribution in [2.24, 2.45) is 0 Å². The summed E-state index contributed by atoms with van der Waals surface area (Å²) in [6, 6.07) is 32.3. The van der Waals surface area contributed by atoms with Gasteiger partial charge in [-0.05, 0) is 74.0 Å². The van der Waals surface area contributed by atoms with Gasteiger partial charge in [0.2, 0.25) is 0 Å². The highest BCUT2D eigenvalue weighted by Crippen LogP contribution is 2.55. The molecule has 1 aliphatic heterocycles. The molecule has 1 aliphatic carbocycles. The zero-order chi connectivity index (χ0) is 30.9. The van der Waals surface area contributed by atoms with Crippen molar-refractivity contribution in [1.82, 2.24) is 0 Å². The number of aliphatic hydroxyl groups excluding tert-OH is 2. The smallest absolute Gasteiger partial charge is 0.121 e. The Morgan fingerprint density at radius 3 is 1.93 bits per heavy atom. The molecule has 1 saturated carbocycles. The summed E-state index contributed by atoms with van der Waals surface area (Å²) in [5.74, 6) is -1.05. The molecule has 224 valence electrons. The largest absolute Gasteiger partial charge is 0.508 e. The Kier molecular flexibility index (Phi) is 6.61. The summed E-state index contributed by atoms with van der Waals surface area (Å²) < 4.78 is 0. The second-order valence-corrected chi connectivity index (χ2v) is 12.8. The SMILES string of the molecule is Cc1ccccc1N(c1ccc(C2C(O)C(c3ccc4cccc5c4c3NC(C)(C)N5C)C2O)c(O)c1)c1ccccc1C. The molecule has 0 aromatic heterocycles. The first kappa shape index (κ1) is 28.3. The predicted molar refractivity (Wildman–Crippen MR) is 180 cm³/mol. The summed E-state index contributed by atoms with van der Waals surface area (Å²) >= 11 is 0. The Bertz CT molecular complexity index is 1850. The van der Waals surface area contributed by atoms with Crippen LogP contribution in [0.2, 0.25) is 0 Å². The van der Waals surface area contributed by atoms with E-state index < -0.39 is 24.0 Å². The maximum Gasteiger partial charge on any atom is 0.121 e. The Hall–Kier alpha value is -4.52. The number of phenols is 1. The van der Waals surface area contributed by atoms with Crippen molar-refractivity contribution in [3.05, 3.63) is 119 Å². The first-order valence-corrected chi connectivity index (χ1v) is 15.3. The van der Waals surface area contributed by atoms with Crippen molar-refractivity contribution in [1.29, 1.82) is 0 Å². The number of hydrogen-bond acceptors (Lipinski definition) is 6. The third kappa shape index (κ3) is 4.24. The average Bonchev–Trinajstić information content (AvgIpc) is 3.00. The van der Waals surface area contributed by atoms with Crippen LogP contribution in [0.3, 0.4) is 0 Å². The number of aliphatic hydroxyl groups is 2. The average molecular weight is 586 g/mol. The molecule has 44 heavy (non-hydrogen) atoms. The monoisotopic (exact) mass is 585 g/mol. The number of aromatic hydroxyl groups is 1. The molecule has 7 rings (SSSR count). The van der Waals surface area contributed by atoms with Crippen LogP contribution >= 0.6 is 0 Å². The molecule has 1 fully saturated rings. The van der Waals surface area contributed by atoms with Gasteiger partial charge in [0.05, 0.1) is 12.2 Å². The van der Waals surface area contributed by atoms with E-state index in [-0.39, 0.29) is 11.4 Å². The molecule has 6 nitrogen and oxygen atoms in total. The number of nitrogens with zero attached hydrogens (tertiary/aromatic N) is 2. The van der Waals surface area contributed by atoms with Crippen LogP contribution < -0.4 is 15.1 Å². The molecule has 1 heterocycles. The van der Waals surface area contributed by atoms with Gasteiger partial charge in [-0.15, -0.1) is 0 Å². The maximum atomic E-state index is 11.6. The van der Waals surface area contributed by atoms with Crippen molar-refractivity contribution in [3.8, 4) is 5.75 Å². The molecule has 0 amide bonds. The van der Waals surface area contributed by atoms with E-state index >= 15 is 0 Å². The third-order valence-corrected chi connectivity index (χ3v) is 9.86. The summed E-state index contributed by atoms with van der Waals surface area (Å²) in [7, 11) is 2.08. The molecule has 2 aliphatic rings. The van der Waals surface area contributed by atoms with Gasteiger partial charge >= 0.3 is 0 Å². The lowest BCUT2D eigenvalue weighted by Gasteiger charge is -2.50. The molecule has 5 aromatic rings. The van der Waals surface area contributed by atoms with Gasteiger partial charge in [0.15, 0.2) is 0 Å². The van der Waals surface area contributed by atoms with Gasteiger partial charge in [0.1, 0.15) is 11.4 Å². The molecule has 0 bridgehead atoms. The molecular formula is C38H39N3O3. The van der Waals surface area contributed by atoms with E-state index in [4.69, 9.17) is 0 Å². The van der Waals surface area contributed by atoms with Gasteiger partial charge in [-0.3, -0.25) is 0 Å². The summed E-state index contributed by atoms with van der Waals surface area (Å²) in [6.07, 6.45) is -1.73. The fourth-order valence-electron chi connectivity index (χ4n) is 7.19. The molecule has 0 saturated heterocycles. The molecule has 4 N–H and O–H groups in total. The molecule has 5 aromatic carbocycles. The Morgan fingerprint density at radius 2 is 1.32 bits per heavy atom. The topological polar surface area (TPSA) is 79.2 Å². The second kappa shape index (κ2) is 10.3. The summed E-state index contributed by atoms with van der Waals surface area (Å²) in [5, 5.41) is 40.5. The van der Waals surface area contributed by atoms with Gasteiger partial charge in [-0.1, -0.05) is 66.7 Å². The standard InChI is InChI=1S/C38H39N3O3/c1-22-11-6-8-14-28(22)41(29-15-9-7-12-23(29)2)25-18-20-26(31(42)21-25)33-36(43)34(37(33)44)27-19-17-24-13-10-16-30-32(24)35(27)39-38(3,4)40(30)5/h6-21,33-34,36-37,39,42-44H,1-5H3. The van der Waals surface area contributed by atoms with Crippen LogP contribution in [-0.4, -0.2) is 40.2 Å². The van der Waals surface area contributed by atoms with E-state index in [0.717, 1.165) is 55.9 Å². The number of phenolic OH excluding ortho intramolecular Hbond substituents is 1. The minimum absolute atomic E-state index is 0.0549. The first-order chi connectivity index (χ1) is 21.1. The third-order valence-electron chi connectivity index (χ3n) is 9.86. The predicted octanol–water partition coefficient (Wildman–Crippen LogP) is 7.83. The molecular weight excluding hydrogens is 546 g/mol. The van der Waals surface area contributed by atoms with Crippen LogP contribution in [0, 0.1) is 13.8 Å². The van der Waals surface area contributed by atoms with E-state index in [0.29, 0.717) is 5.56 Å². The van der Waals surface area contributed by atoms with Crippen LogP contribution in [0.4, 0.5) is 28.4 Å². The van der Waals surface area contributed by atoms with Gasteiger partial charge in [-0.25, -0.2) is 0 Å². The number of rotatable bonds is 5. The van der Waals surface area contributed by atoms with Gasteiger partial charge in [0, 0.05) is 64.3 Å².